The molecular formula is C14H19N3O2. The lowest BCUT2D eigenvalue weighted by atomic mass is 10.1. The SMILES string of the molecule is CC(c1ccc2[nH]c(=O)oc2c1)N1CCCNCC1. The van der Waals surface area contributed by atoms with Crippen LogP contribution in [0.15, 0.2) is 27.4 Å². The molecule has 1 atom stereocenters. The van der Waals surface area contributed by atoms with Gasteiger partial charge in [-0.05, 0) is 44.1 Å². The van der Waals surface area contributed by atoms with Crippen LogP contribution in [0, 0.1) is 0 Å². The van der Waals surface area contributed by atoms with Crippen LogP contribution in [0.4, 0.5) is 0 Å². The van der Waals surface area contributed by atoms with E-state index in [-0.39, 0.29) is 0 Å². The van der Waals surface area contributed by atoms with Gasteiger partial charge in [0.15, 0.2) is 5.58 Å². The van der Waals surface area contributed by atoms with Crippen LogP contribution in [-0.4, -0.2) is 36.1 Å². The smallest absolute Gasteiger partial charge is 0.408 e. The summed E-state index contributed by atoms with van der Waals surface area (Å²) in [5, 5.41) is 3.41. The van der Waals surface area contributed by atoms with Gasteiger partial charge in [0.25, 0.3) is 0 Å². The molecule has 1 aromatic carbocycles. The highest BCUT2D eigenvalue weighted by Gasteiger charge is 2.17. The van der Waals surface area contributed by atoms with Crippen molar-refractivity contribution in [2.75, 3.05) is 26.2 Å². The molecule has 3 rings (SSSR count). The van der Waals surface area contributed by atoms with Crippen LogP contribution < -0.4 is 11.1 Å². The lowest BCUT2D eigenvalue weighted by Crippen LogP contribution is -2.30. The molecule has 1 saturated heterocycles. The number of fused-ring (bicyclic) bond motifs is 1. The molecule has 5 nitrogen and oxygen atoms in total. The monoisotopic (exact) mass is 261 g/mol. The van der Waals surface area contributed by atoms with Crippen molar-refractivity contribution in [3.05, 3.63) is 34.3 Å². The van der Waals surface area contributed by atoms with Crippen molar-refractivity contribution < 1.29 is 4.42 Å². The van der Waals surface area contributed by atoms with Crippen LogP contribution in [-0.2, 0) is 0 Å². The maximum absolute atomic E-state index is 11.2. The lowest BCUT2D eigenvalue weighted by Gasteiger charge is -2.27. The zero-order valence-corrected chi connectivity index (χ0v) is 11.1. The molecule has 0 bridgehead atoms. The van der Waals surface area contributed by atoms with Crippen LogP contribution in [0.25, 0.3) is 11.1 Å². The lowest BCUT2D eigenvalue weighted by molar-refractivity contribution is 0.225. The van der Waals surface area contributed by atoms with E-state index >= 15 is 0 Å². The molecule has 2 aromatic rings. The number of benzene rings is 1. The first-order chi connectivity index (χ1) is 9.24. The molecule has 0 spiro atoms. The average molecular weight is 261 g/mol. The maximum Gasteiger partial charge on any atom is 0.417 e. The first-order valence-electron chi connectivity index (χ1n) is 6.81. The van der Waals surface area contributed by atoms with Crippen molar-refractivity contribution in [3.8, 4) is 0 Å². The van der Waals surface area contributed by atoms with Crippen LogP contribution in [0.1, 0.15) is 24.9 Å². The number of aromatic amines is 1. The summed E-state index contributed by atoms with van der Waals surface area (Å²) in [6, 6.07) is 6.29. The van der Waals surface area contributed by atoms with E-state index in [0.717, 1.165) is 31.7 Å². The zero-order valence-electron chi connectivity index (χ0n) is 11.1. The van der Waals surface area contributed by atoms with Crippen molar-refractivity contribution >= 4 is 11.1 Å². The quantitative estimate of drug-likeness (QED) is 0.859. The molecule has 1 unspecified atom stereocenters. The number of rotatable bonds is 2. The fraction of sp³-hybridized carbons (Fsp3) is 0.500. The number of H-pyrrole nitrogens is 1. The van der Waals surface area contributed by atoms with Crippen LogP contribution in [0.5, 0.6) is 0 Å². The summed E-state index contributed by atoms with van der Waals surface area (Å²) in [5.41, 5.74) is 2.60. The number of oxazole rings is 1. The van der Waals surface area contributed by atoms with Gasteiger partial charge in [0.1, 0.15) is 0 Å². The Morgan fingerprint density at radius 3 is 3.11 bits per heavy atom. The van der Waals surface area contributed by atoms with Gasteiger partial charge in [-0.25, -0.2) is 4.79 Å². The second-order valence-corrected chi connectivity index (χ2v) is 5.09. The van der Waals surface area contributed by atoms with Gasteiger partial charge in [-0.2, -0.15) is 0 Å². The van der Waals surface area contributed by atoms with Crippen molar-refractivity contribution in [3.63, 3.8) is 0 Å². The molecule has 0 aliphatic carbocycles. The molecule has 0 amide bonds. The first-order valence-corrected chi connectivity index (χ1v) is 6.81. The summed E-state index contributed by atoms with van der Waals surface area (Å²) in [6.07, 6.45) is 1.17. The minimum atomic E-state index is -0.390. The molecule has 0 saturated carbocycles. The fourth-order valence-corrected chi connectivity index (χ4v) is 2.69. The Morgan fingerprint density at radius 2 is 2.21 bits per heavy atom. The molecule has 5 heteroatoms. The van der Waals surface area contributed by atoms with Gasteiger partial charge in [-0.15, -0.1) is 0 Å². The summed E-state index contributed by atoms with van der Waals surface area (Å²) < 4.78 is 5.13. The number of nitrogens with one attached hydrogen (secondary N) is 2. The highest BCUT2D eigenvalue weighted by Crippen LogP contribution is 2.23. The van der Waals surface area contributed by atoms with E-state index in [1.807, 2.05) is 12.1 Å². The van der Waals surface area contributed by atoms with Crippen LogP contribution in [0.2, 0.25) is 0 Å². The Balaban J connectivity index is 1.87. The van der Waals surface area contributed by atoms with E-state index in [0.29, 0.717) is 11.6 Å². The predicted molar refractivity (Wildman–Crippen MR) is 74.3 cm³/mol. The highest BCUT2D eigenvalue weighted by molar-refractivity contribution is 5.72. The summed E-state index contributed by atoms with van der Waals surface area (Å²) in [5.74, 6) is -0.390. The third-order valence-electron chi connectivity index (χ3n) is 3.85. The summed E-state index contributed by atoms with van der Waals surface area (Å²) in [4.78, 5) is 16.3. The van der Waals surface area contributed by atoms with Crippen molar-refractivity contribution in [1.82, 2.24) is 15.2 Å². The molecule has 0 radical (unpaired) electrons. The van der Waals surface area contributed by atoms with Crippen molar-refractivity contribution in [2.24, 2.45) is 0 Å². The van der Waals surface area contributed by atoms with Gasteiger partial charge in [-0.1, -0.05) is 6.07 Å². The van der Waals surface area contributed by atoms with Gasteiger partial charge >= 0.3 is 5.76 Å². The zero-order chi connectivity index (χ0) is 13.2. The normalized spacial score (nSPS) is 19.4. The summed E-state index contributed by atoms with van der Waals surface area (Å²) in [7, 11) is 0. The molecule has 2 heterocycles. The Kier molecular flexibility index (Phi) is 3.40. The Bertz CT molecular complexity index is 608. The Labute approximate surface area is 111 Å². The second kappa shape index (κ2) is 5.19. The minimum Gasteiger partial charge on any atom is -0.408 e. The fourth-order valence-electron chi connectivity index (χ4n) is 2.69. The Morgan fingerprint density at radius 1 is 1.32 bits per heavy atom. The third-order valence-corrected chi connectivity index (χ3v) is 3.85. The van der Waals surface area contributed by atoms with Gasteiger partial charge < -0.3 is 9.73 Å². The average Bonchev–Trinajstić information content (AvgIpc) is 2.63. The maximum atomic E-state index is 11.2. The molecule has 2 N–H and O–H groups in total. The van der Waals surface area contributed by atoms with E-state index in [9.17, 15) is 4.79 Å². The number of aromatic nitrogens is 1. The third kappa shape index (κ3) is 2.57. The number of hydrogen-bond acceptors (Lipinski definition) is 4. The number of hydrogen-bond donors (Lipinski definition) is 2. The van der Waals surface area contributed by atoms with E-state index in [4.69, 9.17) is 4.42 Å². The topological polar surface area (TPSA) is 61.3 Å². The molecule has 102 valence electrons. The minimum absolute atomic E-state index is 0.338. The predicted octanol–water partition coefficient (Wildman–Crippen LogP) is 1.48. The van der Waals surface area contributed by atoms with Gasteiger partial charge in [0.05, 0.1) is 5.52 Å². The summed E-state index contributed by atoms with van der Waals surface area (Å²) in [6.45, 7) is 6.48. The molecule has 1 aliphatic rings. The van der Waals surface area contributed by atoms with E-state index in [1.165, 1.54) is 12.0 Å². The Hall–Kier alpha value is -1.59. The van der Waals surface area contributed by atoms with Crippen LogP contribution >= 0.6 is 0 Å². The van der Waals surface area contributed by atoms with Crippen molar-refractivity contribution in [2.45, 2.75) is 19.4 Å². The number of nitrogens with zero attached hydrogens (tertiary/aromatic N) is 1. The van der Waals surface area contributed by atoms with E-state index in [1.54, 1.807) is 0 Å². The molecule has 19 heavy (non-hydrogen) atoms. The van der Waals surface area contributed by atoms with Gasteiger partial charge in [0.2, 0.25) is 0 Å². The standard InChI is InChI=1S/C14H19N3O2/c1-10(17-7-2-5-15-6-8-17)11-3-4-12-13(9-11)19-14(18)16-12/h3-4,9-10,15H,2,5-8H2,1H3,(H,16,18). The largest absolute Gasteiger partial charge is 0.417 e. The van der Waals surface area contributed by atoms with E-state index < -0.39 is 5.76 Å². The molecule has 1 aliphatic heterocycles. The van der Waals surface area contributed by atoms with Gasteiger partial charge in [0, 0.05) is 19.1 Å². The molecule has 1 fully saturated rings. The molecule has 1 aromatic heterocycles. The highest BCUT2D eigenvalue weighted by atomic mass is 16.4. The van der Waals surface area contributed by atoms with E-state index in [2.05, 4.69) is 28.2 Å². The van der Waals surface area contributed by atoms with Crippen LogP contribution in [0.3, 0.4) is 0 Å². The first kappa shape index (κ1) is 12.4. The van der Waals surface area contributed by atoms with Crippen molar-refractivity contribution in [1.29, 1.82) is 0 Å². The second-order valence-electron chi connectivity index (χ2n) is 5.09. The van der Waals surface area contributed by atoms with Gasteiger partial charge in [-0.3, -0.25) is 9.88 Å². The summed E-state index contributed by atoms with van der Waals surface area (Å²) >= 11 is 0. The molecular weight excluding hydrogens is 242 g/mol.